The van der Waals surface area contributed by atoms with Gasteiger partial charge in [0.2, 0.25) is 0 Å². The minimum Gasteiger partial charge on any atom is -0.356 e. The summed E-state index contributed by atoms with van der Waals surface area (Å²) in [6.45, 7) is 1.95. The van der Waals surface area contributed by atoms with E-state index < -0.39 is 6.03 Å². The highest BCUT2D eigenvalue weighted by Crippen LogP contribution is 2.25. The average molecular weight is 366 g/mol. The molecule has 0 saturated carbocycles. The maximum absolute atomic E-state index is 12.1. The molecule has 0 radical (unpaired) electrons. The number of anilines is 3. The summed E-state index contributed by atoms with van der Waals surface area (Å²) in [5.41, 5.74) is 0.437. The topological polar surface area (TPSA) is 70.2 Å². The van der Waals surface area contributed by atoms with E-state index in [1.54, 1.807) is 24.3 Å². The van der Waals surface area contributed by atoms with Gasteiger partial charge < -0.3 is 10.2 Å². The van der Waals surface area contributed by atoms with Crippen molar-refractivity contribution in [1.29, 1.82) is 0 Å². The third-order valence-electron chi connectivity index (χ3n) is 3.75. The highest BCUT2D eigenvalue weighted by atomic mass is 35.5. The molecule has 0 atom stereocenters. The monoisotopic (exact) mass is 365 g/mol. The first kappa shape index (κ1) is 16.8. The minimum atomic E-state index is -0.442. The van der Waals surface area contributed by atoms with Crippen LogP contribution in [0.1, 0.15) is 19.3 Å². The van der Waals surface area contributed by atoms with Crippen molar-refractivity contribution >= 4 is 46.6 Å². The van der Waals surface area contributed by atoms with Crippen molar-refractivity contribution in [2.24, 2.45) is 0 Å². The van der Waals surface area contributed by atoms with Gasteiger partial charge in [-0.1, -0.05) is 23.2 Å². The number of carbonyl (C=O) groups excluding carboxylic acids is 1. The summed E-state index contributed by atoms with van der Waals surface area (Å²) < 4.78 is 0. The standard InChI is InChI=1S/C16H17Cl2N5O/c17-11-4-5-12(18)13(8-11)21-16(24)22-14-9-15(20-10-19-14)23-6-2-1-3-7-23/h4-5,8-10H,1-3,6-7H2,(H2,19,20,21,22,24). The van der Waals surface area contributed by atoms with Gasteiger partial charge >= 0.3 is 6.03 Å². The molecule has 2 amide bonds. The molecule has 0 spiro atoms. The highest BCUT2D eigenvalue weighted by Gasteiger charge is 2.14. The lowest BCUT2D eigenvalue weighted by atomic mass is 10.1. The zero-order valence-electron chi connectivity index (χ0n) is 12.9. The molecule has 1 fully saturated rings. The van der Waals surface area contributed by atoms with Gasteiger partial charge in [0.25, 0.3) is 0 Å². The van der Waals surface area contributed by atoms with E-state index in [1.807, 2.05) is 0 Å². The molecule has 24 heavy (non-hydrogen) atoms. The van der Waals surface area contributed by atoms with E-state index in [4.69, 9.17) is 23.2 Å². The number of nitrogens with zero attached hydrogens (tertiary/aromatic N) is 3. The van der Waals surface area contributed by atoms with Crippen molar-refractivity contribution in [3.8, 4) is 0 Å². The normalized spacial score (nSPS) is 14.3. The second-order valence-electron chi connectivity index (χ2n) is 5.51. The fourth-order valence-corrected chi connectivity index (χ4v) is 2.91. The van der Waals surface area contributed by atoms with Crippen LogP contribution < -0.4 is 15.5 Å². The Labute approximate surface area is 150 Å². The third kappa shape index (κ3) is 4.27. The van der Waals surface area contributed by atoms with Gasteiger partial charge in [-0.05, 0) is 37.5 Å². The Hall–Kier alpha value is -2.05. The SMILES string of the molecule is O=C(Nc1cc(N2CCCCC2)ncn1)Nc1cc(Cl)ccc1Cl. The zero-order valence-corrected chi connectivity index (χ0v) is 14.4. The van der Waals surface area contributed by atoms with Crippen LogP contribution in [-0.4, -0.2) is 29.1 Å². The molecule has 2 N–H and O–H groups in total. The van der Waals surface area contributed by atoms with Gasteiger partial charge in [0, 0.05) is 24.2 Å². The van der Waals surface area contributed by atoms with Crippen LogP contribution >= 0.6 is 23.2 Å². The van der Waals surface area contributed by atoms with Crippen molar-refractivity contribution in [2.45, 2.75) is 19.3 Å². The predicted molar refractivity (Wildman–Crippen MR) is 97.2 cm³/mol. The first-order valence-corrected chi connectivity index (χ1v) is 8.47. The van der Waals surface area contributed by atoms with Crippen LogP contribution in [0.25, 0.3) is 0 Å². The number of urea groups is 1. The summed E-state index contributed by atoms with van der Waals surface area (Å²) in [5, 5.41) is 6.24. The Balaban J connectivity index is 1.67. The van der Waals surface area contributed by atoms with Gasteiger partial charge in [-0.3, -0.25) is 5.32 Å². The molecule has 2 aromatic rings. The van der Waals surface area contributed by atoms with Crippen molar-refractivity contribution in [2.75, 3.05) is 28.6 Å². The zero-order chi connectivity index (χ0) is 16.9. The summed E-state index contributed by atoms with van der Waals surface area (Å²) in [4.78, 5) is 22.7. The molecule has 1 aliphatic heterocycles. The minimum absolute atomic E-state index is 0.409. The lowest BCUT2D eigenvalue weighted by Gasteiger charge is -2.27. The summed E-state index contributed by atoms with van der Waals surface area (Å²) in [6, 6.07) is 6.19. The van der Waals surface area contributed by atoms with Crippen LogP contribution in [-0.2, 0) is 0 Å². The van der Waals surface area contributed by atoms with Crippen LogP contribution in [0.15, 0.2) is 30.6 Å². The molecular formula is C16H17Cl2N5O. The summed E-state index contributed by atoms with van der Waals surface area (Å²) in [7, 11) is 0. The van der Waals surface area contributed by atoms with E-state index in [-0.39, 0.29) is 0 Å². The molecule has 1 aliphatic rings. The maximum atomic E-state index is 12.1. The molecule has 0 bridgehead atoms. The van der Waals surface area contributed by atoms with Crippen molar-refractivity contribution < 1.29 is 4.79 Å². The average Bonchev–Trinajstić information content (AvgIpc) is 2.59. The Morgan fingerprint density at radius 1 is 1.04 bits per heavy atom. The largest absolute Gasteiger partial charge is 0.356 e. The lowest BCUT2D eigenvalue weighted by Crippen LogP contribution is -2.30. The highest BCUT2D eigenvalue weighted by molar-refractivity contribution is 6.35. The van der Waals surface area contributed by atoms with Gasteiger partial charge in [0.15, 0.2) is 0 Å². The van der Waals surface area contributed by atoms with Crippen LogP contribution in [0, 0.1) is 0 Å². The van der Waals surface area contributed by atoms with Gasteiger partial charge in [-0.2, -0.15) is 0 Å². The molecule has 6 nitrogen and oxygen atoms in total. The summed E-state index contributed by atoms with van der Waals surface area (Å²) in [5.74, 6) is 1.25. The van der Waals surface area contributed by atoms with E-state index in [2.05, 4.69) is 25.5 Å². The molecule has 0 aliphatic carbocycles. The fourth-order valence-electron chi connectivity index (χ4n) is 2.57. The summed E-state index contributed by atoms with van der Waals surface area (Å²) in [6.07, 6.45) is 5.00. The van der Waals surface area contributed by atoms with Gasteiger partial charge in [-0.25, -0.2) is 14.8 Å². The van der Waals surface area contributed by atoms with E-state index in [0.717, 1.165) is 31.7 Å². The number of hydrogen-bond acceptors (Lipinski definition) is 4. The Morgan fingerprint density at radius 3 is 2.62 bits per heavy atom. The van der Waals surface area contributed by atoms with E-state index in [0.29, 0.717) is 21.6 Å². The van der Waals surface area contributed by atoms with Crippen LogP contribution in [0.3, 0.4) is 0 Å². The van der Waals surface area contributed by atoms with Crippen molar-refractivity contribution in [1.82, 2.24) is 9.97 Å². The number of amides is 2. The molecule has 1 aromatic carbocycles. The number of rotatable bonds is 3. The van der Waals surface area contributed by atoms with E-state index in [1.165, 1.54) is 12.7 Å². The Morgan fingerprint density at radius 2 is 1.83 bits per heavy atom. The number of nitrogens with one attached hydrogen (secondary N) is 2. The van der Waals surface area contributed by atoms with Gasteiger partial charge in [0.05, 0.1) is 10.7 Å². The number of hydrogen-bond donors (Lipinski definition) is 2. The molecule has 1 saturated heterocycles. The van der Waals surface area contributed by atoms with E-state index >= 15 is 0 Å². The number of aromatic nitrogens is 2. The molecule has 8 heteroatoms. The smallest absolute Gasteiger partial charge is 0.324 e. The molecule has 0 unspecified atom stereocenters. The molecule has 126 valence electrons. The quantitative estimate of drug-likeness (QED) is 0.844. The Bertz CT molecular complexity index is 734. The molecule has 2 heterocycles. The predicted octanol–water partition coefficient (Wildman–Crippen LogP) is 4.42. The Kier molecular flexibility index (Phi) is 5.37. The van der Waals surface area contributed by atoms with Crippen molar-refractivity contribution in [3.63, 3.8) is 0 Å². The van der Waals surface area contributed by atoms with Crippen LogP contribution in [0.4, 0.5) is 22.1 Å². The summed E-state index contributed by atoms with van der Waals surface area (Å²) >= 11 is 11.9. The van der Waals surface area contributed by atoms with Gasteiger partial charge in [0.1, 0.15) is 18.0 Å². The fraction of sp³-hybridized carbons (Fsp3) is 0.312. The number of halogens is 2. The number of piperidine rings is 1. The molecular weight excluding hydrogens is 349 g/mol. The van der Waals surface area contributed by atoms with Crippen LogP contribution in [0.5, 0.6) is 0 Å². The number of carbonyl (C=O) groups is 1. The third-order valence-corrected chi connectivity index (χ3v) is 4.32. The lowest BCUT2D eigenvalue weighted by molar-refractivity contribution is 0.262. The van der Waals surface area contributed by atoms with Crippen molar-refractivity contribution in [3.05, 3.63) is 40.6 Å². The van der Waals surface area contributed by atoms with E-state index in [9.17, 15) is 4.79 Å². The first-order valence-electron chi connectivity index (χ1n) is 7.72. The molecule has 3 rings (SSSR count). The first-order chi connectivity index (χ1) is 11.6. The maximum Gasteiger partial charge on any atom is 0.324 e. The number of benzene rings is 1. The second kappa shape index (κ2) is 7.68. The second-order valence-corrected chi connectivity index (χ2v) is 6.36. The van der Waals surface area contributed by atoms with Crippen LogP contribution in [0.2, 0.25) is 10.0 Å². The molecule has 1 aromatic heterocycles. The van der Waals surface area contributed by atoms with Gasteiger partial charge in [-0.15, -0.1) is 0 Å².